The summed E-state index contributed by atoms with van der Waals surface area (Å²) in [6, 6.07) is 11.6. The number of carbonyl (C=O) groups is 1. The van der Waals surface area contributed by atoms with E-state index in [4.69, 9.17) is 26.0 Å². The zero-order chi connectivity index (χ0) is 47.0. The van der Waals surface area contributed by atoms with Crippen LogP contribution in [0.15, 0.2) is 112 Å². The van der Waals surface area contributed by atoms with Gasteiger partial charge in [0, 0.05) is 0 Å². The van der Waals surface area contributed by atoms with Crippen molar-refractivity contribution >= 4 is 114 Å². The number of carboxylic acids is 1. The number of carboxylic acid groups (broad SMARTS) is 1. The molecule has 0 aromatic heterocycles. The van der Waals surface area contributed by atoms with Gasteiger partial charge in [0.2, 0.25) is 6.40 Å². The van der Waals surface area contributed by atoms with Gasteiger partial charge in [-0.1, -0.05) is 0 Å². The van der Waals surface area contributed by atoms with Crippen molar-refractivity contribution in [1.82, 2.24) is 0 Å². The molecule has 63 heavy (non-hydrogen) atoms. The first-order valence-electron chi connectivity index (χ1n) is 16.4. The number of hydrogen-bond donors (Lipinski definition) is 8. The van der Waals surface area contributed by atoms with Crippen molar-refractivity contribution < 1.29 is 78.9 Å². The van der Waals surface area contributed by atoms with Crippen LogP contribution < -0.4 is 16.9 Å². The highest BCUT2D eigenvalue weighted by Gasteiger charge is 2.28. The van der Waals surface area contributed by atoms with Gasteiger partial charge in [0.05, 0.1) is 62.9 Å². The fraction of sp³-hybridized carbons (Fsp3) is 0.133. The molecule has 0 fully saturated rings. The Labute approximate surface area is 356 Å². The van der Waals surface area contributed by atoms with E-state index in [9.17, 15) is 56.5 Å². The molecule has 33 heteroatoms. The second-order valence-electron chi connectivity index (χ2n) is 11.8. The van der Waals surface area contributed by atoms with Crippen LogP contribution in [-0.4, -0.2) is 97.9 Å². The maximum atomic E-state index is 12.8. The third-order valence-electron chi connectivity index (χ3n) is 7.53. The van der Waals surface area contributed by atoms with Gasteiger partial charge in [0.15, 0.2) is 19.7 Å². The first kappa shape index (κ1) is 49.2. The molecule has 0 heterocycles. The van der Waals surface area contributed by atoms with E-state index >= 15 is 0 Å². The predicted molar refractivity (Wildman–Crippen MR) is 216 cm³/mol. The lowest BCUT2D eigenvalue weighted by Crippen LogP contribution is -2.15. The zero-order valence-electron chi connectivity index (χ0n) is 31.1. The minimum Gasteiger partial charge on any atom is -0.478 e. The number of hydrogen-bond acceptors (Lipinski definition) is 24. The lowest BCUT2D eigenvalue weighted by atomic mass is 10.1. The molecule has 0 aliphatic rings. The quantitative estimate of drug-likeness (QED) is 0.0145. The third kappa shape index (κ3) is 13.8. The Balaban J connectivity index is 1.84. The van der Waals surface area contributed by atoms with Gasteiger partial charge in [-0.3, -0.25) is 19.1 Å². The number of nitrogens with one attached hydrogen (secondary N) is 2. The molecule has 28 nitrogen and oxygen atoms in total. The first-order chi connectivity index (χ1) is 29.2. The second kappa shape index (κ2) is 19.7. The number of sulfone groups is 2. The van der Waals surface area contributed by atoms with Crippen LogP contribution in [0.3, 0.4) is 0 Å². The molecule has 338 valence electrons. The molecule has 0 bridgehead atoms. The lowest BCUT2D eigenvalue weighted by molar-refractivity contribution is 0.0698. The average Bonchev–Trinajstić information content (AvgIpc) is 3.18. The van der Waals surface area contributed by atoms with E-state index < -0.39 is 126 Å². The van der Waals surface area contributed by atoms with E-state index in [1.54, 1.807) is 0 Å². The van der Waals surface area contributed by atoms with Gasteiger partial charge in [0.25, 0.3) is 10.1 Å². The maximum absolute atomic E-state index is 12.8. The monoisotopic (exact) mass is 978 g/mol. The van der Waals surface area contributed by atoms with Gasteiger partial charge in [-0.2, -0.15) is 35.5 Å². The van der Waals surface area contributed by atoms with E-state index in [0.717, 1.165) is 60.7 Å². The molecule has 0 radical (unpaired) electrons. The van der Waals surface area contributed by atoms with Crippen LogP contribution in [0.4, 0.5) is 51.2 Å². The molecule has 0 aliphatic carbocycles. The van der Waals surface area contributed by atoms with Crippen LogP contribution in [0.1, 0.15) is 10.4 Å². The summed E-state index contributed by atoms with van der Waals surface area (Å²) in [6.07, 6.45) is 0.465. The van der Waals surface area contributed by atoms with Crippen LogP contribution in [-0.2, 0) is 63.8 Å². The predicted octanol–water partition coefficient (Wildman–Crippen LogP) is 4.18. The Bertz CT molecular complexity index is 3080. The smallest absolute Gasteiger partial charge is 0.397 e. The normalized spacial score (nSPS) is 12.9. The first-order valence-corrected chi connectivity index (χ1v) is 23.8. The average molecular weight is 979 g/mol. The van der Waals surface area contributed by atoms with Crippen LogP contribution >= 0.6 is 0 Å². The summed E-state index contributed by atoms with van der Waals surface area (Å²) >= 11 is 0. The highest BCUT2D eigenvalue weighted by molar-refractivity contribution is 7.91. The van der Waals surface area contributed by atoms with Crippen LogP contribution in [0.2, 0.25) is 0 Å². The summed E-state index contributed by atoms with van der Waals surface area (Å²) in [5.41, 5.74) is 9.68. The van der Waals surface area contributed by atoms with Crippen molar-refractivity contribution in [3.05, 3.63) is 72.3 Å². The van der Waals surface area contributed by atoms with E-state index in [-0.39, 0.29) is 26.9 Å². The number of benzene rings is 4. The summed E-state index contributed by atoms with van der Waals surface area (Å²) in [7, 11) is -23.2. The summed E-state index contributed by atoms with van der Waals surface area (Å²) in [5, 5.41) is 40.6. The van der Waals surface area contributed by atoms with E-state index in [1.165, 1.54) is 6.07 Å². The van der Waals surface area contributed by atoms with Gasteiger partial charge < -0.3 is 21.4 Å². The van der Waals surface area contributed by atoms with E-state index in [0.29, 0.717) is 6.40 Å². The molecular weight excluding hydrogens is 949 g/mol. The highest BCUT2D eigenvalue weighted by Crippen LogP contribution is 2.49. The Morgan fingerprint density at radius 1 is 0.635 bits per heavy atom. The molecule has 10 N–H and O–H groups in total. The Morgan fingerprint density at radius 2 is 1.06 bits per heavy atom. The molecule has 0 saturated heterocycles. The number of rotatable bonds is 21. The third-order valence-corrected chi connectivity index (χ3v) is 12.7. The van der Waals surface area contributed by atoms with Crippen molar-refractivity contribution in [2.45, 2.75) is 14.7 Å². The van der Waals surface area contributed by atoms with Crippen LogP contribution in [0.5, 0.6) is 0 Å². The minimum atomic E-state index is -5.07. The Morgan fingerprint density at radius 3 is 1.46 bits per heavy atom. The molecule has 0 saturated carbocycles. The summed E-state index contributed by atoms with van der Waals surface area (Å²) < 4.78 is 153. The second-order valence-corrected chi connectivity index (χ2v) is 19.6. The standard InChI is InChI=1S/C30H30N10O18S5/c31-16-56-40-19-5-10-22(23(15-19)61(47,48)49)36-38-28-24(30(41)42)27(37-34-17-1-6-20(7-2-17)59(43,44)13-11-57-62(50,51)52)25(32)29(26(28)33)39-35-18-3-8-21(9-4-18)60(45,46)14-12-58-63(53,54)55/h1-10,15-16,31,40H,11-14,32-33H2,(H,41,42)(H,47,48,49)(H,50,51,52)(H,53,54,55). The topological polar surface area (TPSA) is 458 Å². The lowest BCUT2D eigenvalue weighted by Gasteiger charge is -2.13. The molecule has 0 amide bonds. The zero-order valence-corrected chi connectivity index (χ0v) is 35.2. The summed E-state index contributed by atoms with van der Waals surface area (Å²) in [6.45, 7) is -1.82. The SMILES string of the molecule is N=CONc1ccc(N=Nc2c(N)c(N=Nc3ccc(S(=O)(=O)CCOS(=O)(=O)O)cc3)c(N)c(N=Nc3ccc(S(=O)(=O)CCOS(=O)(=O)O)cc3)c2C(=O)O)c(S(=O)(=O)O)c1. The number of nitrogens with two attached hydrogens (primary N) is 2. The molecular formula is C30H30N10O18S5. The molecule has 4 aromatic carbocycles. The highest BCUT2D eigenvalue weighted by atomic mass is 32.3. The molecule has 4 rings (SSSR count). The number of anilines is 3. The minimum absolute atomic E-state index is 0.0753. The Kier molecular flexibility index (Phi) is 15.4. The van der Waals surface area contributed by atoms with Crippen LogP contribution in [0.25, 0.3) is 0 Å². The largest absolute Gasteiger partial charge is 0.478 e. The van der Waals surface area contributed by atoms with Gasteiger partial charge >= 0.3 is 26.8 Å². The Hall–Kier alpha value is -6.43. The van der Waals surface area contributed by atoms with Crippen molar-refractivity contribution in [3.8, 4) is 0 Å². The van der Waals surface area contributed by atoms with Gasteiger partial charge in [-0.25, -0.2) is 35.5 Å². The summed E-state index contributed by atoms with van der Waals surface area (Å²) in [5.74, 6) is -3.53. The molecule has 0 aliphatic heterocycles. The number of aromatic carboxylic acids is 1. The van der Waals surface area contributed by atoms with Gasteiger partial charge in [-0.15, -0.1) is 20.5 Å². The van der Waals surface area contributed by atoms with E-state index in [2.05, 4.69) is 49.4 Å². The van der Waals surface area contributed by atoms with Crippen molar-refractivity contribution in [2.75, 3.05) is 41.7 Å². The molecule has 0 unspecified atom stereocenters. The fourth-order valence-electron chi connectivity index (χ4n) is 4.73. The fourth-order valence-corrected chi connectivity index (χ4v) is 8.35. The molecule has 4 aromatic rings. The van der Waals surface area contributed by atoms with Crippen molar-refractivity contribution in [2.24, 2.45) is 30.7 Å². The van der Waals surface area contributed by atoms with Crippen molar-refractivity contribution in [1.29, 1.82) is 5.41 Å². The summed E-state index contributed by atoms with van der Waals surface area (Å²) in [4.78, 5) is 15.8. The number of nitrogen functional groups attached to an aromatic ring is 2. The van der Waals surface area contributed by atoms with Crippen LogP contribution in [0, 0.1) is 5.41 Å². The molecule has 0 atom stereocenters. The number of nitrogens with zero attached hydrogens (tertiary/aromatic N) is 6. The van der Waals surface area contributed by atoms with Gasteiger partial charge in [0.1, 0.15) is 33.2 Å². The van der Waals surface area contributed by atoms with E-state index in [1.807, 2.05) is 0 Å². The van der Waals surface area contributed by atoms with Gasteiger partial charge in [-0.05, 0) is 66.7 Å². The molecule has 0 spiro atoms. The number of azo groups is 3. The van der Waals surface area contributed by atoms with Crippen molar-refractivity contribution in [3.63, 3.8) is 0 Å². The maximum Gasteiger partial charge on any atom is 0.397 e.